The van der Waals surface area contributed by atoms with Gasteiger partial charge < -0.3 is 15.9 Å². The number of phenolic OH excluding ortho intramolecular Hbond substituents is 1. The van der Waals surface area contributed by atoms with Gasteiger partial charge in [-0.25, -0.2) is 0 Å². The zero-order valence-corrected chi connectivity index (χ0v) is 9.59. The number of aliphatic carboxylic acids is 1. The summed E-state index contributed by atoms with van der Waals surface area (Å²) >= 11 is 5.45. The van der Waals surface area contributed by atoms with Gasteiger partial charge in [-0.2, -0.15) is 13.2 Å². The van der Waals surface area contributed by atoms with Crippen molar-refractivity contribution in [3.05, 3.63) is 28.3 Å². The molecule has 0 aliphatic carbocycles. The summed E-state index contributed by atoms with van der Waals surface area (Å²) in [7, 11) is 0. The molecule has 1 atom stereocenters. The second kappa shape index (κ2) is 5.03. The Hall–Kier alpha value is -1.47. The average molecular weight is 284 g/mol. The molecule has 0 aliphatic rings. The van der Waals surface area contributed by atoms with Crippen LogP contribution in [0.2, 0.25) is 5.02 Å². The molecule has 0 aliphatic heterocycles. The molecule has 0 amide bonds. The summed E-state index contributed by atoms with van der Waals surface area (Å²) in [6, 6.07) is -0.230. The maximum absolute atomic E-state index is 12.5. The van der Waals surface area contributed by atoms with Gasteiger partial charge in [0.05, 0.1) is 10.6 Å². The van der Waals surface area contributed by atoms with Crippen LogP contribution < -0.4 is 5.73 Å². The lowest BCUT2D eigenvalue weighted by atomic mass is 10.0. The molecule has 0 heterocycles. The predicted octanol–water partition coefficient (Wildman–Crippen LogP) is 2.02. The smallest absolute Gasteiger partial charge is 0.416 e. The van der Waals surface area contributed by atoms with Crippen LogP contribution in [0.4, 0.5) is 13.2 Å². The number of hydrogen-bond acceptors (Lipinski definition) is 3. The summed E-state index contributed by atoms with van der Waals surface area (Å²) in [4.78, 5) is 10.5. The van der Waals surface area contributed by atoms with E-state index in [1.54, 1.807) is 0 Å². The fourth-order valence-corrected chi connectivity index (χ4v) is 1.54. The Morgan fingerprint density at radius 3 is 2.44 bits per heavy atom. The van der Waals surface area contributed by atoms with E-state index in [1.165, 1.54) is 0 Å². The summed E-state index contributed by atoms with van der Waals surface area (Å²) in [5.41, 5.74) is 3.86. The van der Waals surface area contributed by atoms with E-state index in [0.717, 1.165) is 0 Å². The van der Waals surface area contributed by atoms with Crippen LogP contribution in [0.15, 0.2) is 12.1 Å². The van der Waals surface area contributed by atoms with Crippen LogP contribution in [0.1, 0.15) is 11.1 Å². The van der Waals surface area contributed by atoms with Crippen LogP contribution >= 0.6 is 11.6 Å². The Labute approximate surface area is 105 Å². The second-order valence-corrected chi connectivity index (χ2v) is 4.02. The minimum atomic E-state index is -4.64. The fraction of sp³-hybridized carbons (Fsp3) is 0.300. The first-order chi connectivity index (χ1) is 8.12. The molecule has 0 fully saturated rings. The van der Waals surface area contributed by atoms with Gasteiger partial charge in [-0.3, -0.25) is 4.79 Å². The number of benzene rings is 1. The first-order valence-electron chi connectivity index (χ1n) is 4.70. The SMILES string of the molecule is NC(Cc1cc(C(F)(F)F)cc(Cl)c1O)C(=O)O. The summed E-state index contributed by atoms with van der Waals surface area (Å²) in [6.07, 6.45) is -5.09. The molecule has 1 unspecified atom stereocenters. The van der Waals surface area contributed by atoms with E-state index in [4.69, 9.17) is 22.4 Å². The van der Waals surface area contributed by atoms with Crippen LogP contribution in [0.3, 0.4) is 0 Å². The number of hydrogen-bond donors (Lipinski definition) is 3. The molecule has 0 saturated carbocycles. The molecule has 0 radical (unpaired) electrons. The number of rotatable bonds is 3. The Morgan fingerprint density at radius 2 is 2.00 bits per heavy atom. The molecular formula is C10H9ClF3NO3. The third-order valence-corrected chi connectivity index (χ3v) is 2.51. The Balaban J connectivity index is 3.19. The maximum atomic E-state index is 12.5. The first-order valence-corrected chi connectivity index (χ1v) is 5.07. The number of carboxylic acids is 1. The van der Waals surface area contributed by atoms with Crippen LogP contribution in [0, 0.1) is 0 Å². The van der Waals surface area contributed by atoms with Crippen molar-refractivity contribution < 1.29 is 28.2 Å². The normalized spacial score (nSPS) is 13.4. The predicted molar refractivity (Wildman–Crippen MR) is 57.4 cm³/mol. The Morgan fingerprint density at radius 1 is 1.44 bits per heavy atom. The van der Waals surface area contributed by atoms with Gasteiger partial charge in [-0.05, 0) is 17.7 Å². The quantitative estimate of drug-likeness (QED) is 0.792. The van der Waals surface area contributed by atoms with Gasteiger partial charge in [0.25, 0.3) is 0 Å². The van der Waals surface area contributed by atoms with Crippen molar-refractivity contribution in [2.45, 2.75) is 18.6 Å². The number of phenols is 1. The summed E-state index contributed by atoms with van der Waals surface area (Å²) < 4.78 is 37.5. The second-order valence-electron chi connectivity index (χ2n) is 3.61. The number of aromatic hydroxyl groups is 1. The molecule has 1 aromatic rings. The minimum Gasteiger partial charge on any atom is -0.506 e. The summed E-state index contributed by atoms with van der Waals surface area (Å²) in [5.74, 6) is -1.98. The third-order valence-electron chi connectivity index (χ3n) is 2.23. The molecule has 4 nitrogen and oxygen atoms in total. The highest BCUT2D eigenvalue weighted by Gasteiger charge is 2.32. The Kier molecular flexibility index (Phi) is 4.08. The van der Waals surface area contributed by atoms with Crippen molar-refractivity contribution in [3.63, 3.8) is 0 Å². The number of alkyl halides is 3. The third kappa shape index (κ3) is 3.27. The van der Waals surface area contributed by atoms with Crippen molar-refractivity contribution in [2.24, 2.45) is 5.73 Å². The van der Waals surface area contributed by atoms with Gasteiger partial charge in [0.2, 0.25) is 0 Å². The fourth-order valence-electron chi connectivity index (χ4n) is 1.30. The Bertz CT molecular complexity index is 476. The van der Waals surface area contributed by atoms with Crippen molar-refractivity contribution in [2.75, 3.05) is 0 Å². The van der Waals surface area contributed by atoms with E-state index in [9.17, 15) is 23.1 Å². The molecule has 100 valence electrons. The number of halogens is 4. The number of carbonyl (C=O) groups is 1. The summed E-state index contributed by atoms with van der Waals surface area (Å²) in [6.45, 7) is 0. The summed E-state index contributed by atoms with van der Waals surface area (Å²) in [5, 5.41) is 17.5. The van der Waals surface area contributed by atoms with E-state index in [0.29, 0.717) is 12.1 Å². The molecule has 1 aromatic carbocycles. The molecular weight excluding hydrogens is 275 g/mol. The van der Waals surface area contributed by atoms with Gasteiger partial charge in [-0.15, -0.1) is 0 Å². The van der Waals surface area contributed by atoms with Crippen LogP contribution in [0.5, 0.6) is 5.75 Å². The van der Waals surface area contributed by atoms with Gasteiger partial charge in [-0.1, -0.05) is 11.6 Å². The first kappa shape index (κ1) is 14.6. The zero-order chi connectivity index (χ0) is 14.1. The van der Waals surface area contributed by atoms with Crippen molar-refractivity contribution in [1.82, 2.24) is 0 Å². The molecule has 0 spiro atoms. The van der Waals surface area contributed by atoms with Crippen LogP contribution in [0.25, 0.3) is 0 Å². The van der Waals surface area contributed by atoms with Crippen molar-refractivity contribution in [1.29, 1.82) is 0 Å². The lowest BCUT2D eigenvalue weighted by molar-refractivity contribution is -0.138. The van der Waals surface area contributed by atoms with Crippen molar-refractivity contribution >= 4 is 17.6 Å². The van der Waals surface area contributed by atoms with E-state index >= 15 is 0 Å². The van der Waals surface area contributed by atoms with E-state index < -0.39 is 40.9 Å². The lowest BCUT2D eigenvalue weighted by Crippen LogP contribution is -2.32. The maximum Gasteiger partial charge on any atom is 0.416 e. The molecule has 0 bridgehead atoms. The molecule has 1 rings (SSSR count). The zero-order valence-electron chi connectivity index (χ0n) is 8.83. The van der Waals surface area contributed by atoms with Crippen molar-refractivity contribution in [3.8, 4) is 5.75 Å². The minimum absolute atomic E-state index is 0.260. The van der Waals surface area contributed by atoms with Gasteiger partial charge in [0.1, 0.15) is 11.8 Å². The standard InChI is InChI=1S/C10H9ClF3NO3/c11-6-3-5(10(12,13)14)1-4(8(6)16)2-7(15)9(17)18/h1,3,7,16H,2,15H2,(H,17,18). The lowest BCUT2D eigenvalue weighted by Gasteiger charge is -2.13. The van der Waals surface area contributed by atoms with Gasteiger partial charge in [0, 0.05) is 6.42 Å². The molecule has 0 saturated heterocycles. The molecule has 8 heteroatoms. The van der Waals surface area contributed by atoms with Gasteiger partial charge >= 0.3 is 12.1 Å². The highest BCUT2D eigenvalue weighted by atomic mass is 35.5. The molecule has 4 N–H and O–H groups in total. The van der Waals surface area contributed by atoms with E-state index in [1.807, 2.05) is 0 Å². The van der Waals surface area contributed by atoms with E-state index in [-0.39, 0.29) is 5.56 Å². The van der Waals surface area contributed by atoms with Crippen LogP contribution in [-0.2, 0) is 17.4 Å². The number of carboxylic acid groups (broad SMARTS) is 1. The largest absolute Gasteiger partial charge is 0.506 e. The molecule has 0 aromatic heterocycles. The molecule has 18 heavy (non-hydrogen) atoms. The van der Waals surface area contributed by atoms with Crippen LogP contribution in [-0.4, -0.2) is 22.2 Å². The van der Waals surface area contributed by atoms with E-state index in [2.05, 4.69) is 0 Å². The number of nitrogens with two attached hydrogens (primary N) is 1. The van der Waals surface area contributed by atoms with Gasteiger partial charge in [0.15, 0.2) is 0 Å². The highest BCUT2D eigenvalue weighted by Crippen LogP contribution is 2.37. The highest BCUT2D eigenvalue weighted by molar-refractivity contribution is 6.32. The monoisotopic (exact) mass is 283 g/mol. The average Bonchev–Trinajstić information content (AvgIpc) is 2.22. The topological polar surface area (TPSA) is 83.5 Å².